The van der Waals surface area contributed by atoms with E-state index < -0.39 is 11.9 Å². The standard InChI is InChI=1S/C13H23N3O3/c1-7(13(3,4)5)12-16-10(8(2)19-12)11(18)15-6-9(14)17/h7-8,10H,6H2,1-5H3,(H2,14,17)(H,15,18). The molecule has 0 fully saturated rings. The van der Waals surface area contributed by atoms with Crippen LogP contribution in [-0.4, -0.2) is 36.4 Å². The molecule has 0 bridgehead atoms. The van der Waals surface area contributed by atoms with Crippen molar-refractivity contribution in [3.8, 4) is 0 Å². The van der Waals surface area contributed by atoms with E-state index >= 15 is 0 Å². The smallest absolute Gasteiger partial charge is 0.249 e. The van der Waals surface area contributed by atoms with Crippen molar-refractivity contribution in [1.82, 2.24) is 5.32 Å². The molecule has 0 saturated carbocycles. The zero-order chi connectivity index (χ0) is 14.8. The van der Waals surface area contributed by atoms with Crippen molar-refractivity contribution < 1.29 is 14.3 Å². The molecule has 1 aliphatic rings. The van der Waals surface area contributed by atoms with Gasteiger partial charge in [0.25, 0.3) is 0 Å². The molecule has 0 aromatic heterocycles. The van der Waals surface area contributed by atoms with Crippen LogP contribution in [0.4, 0.5) is 0 Å². The summed E-state index contributed by atoms with van der Waals surface area (Å²) in [5.74, 6) is -0.197. The summed E-state index contributed by atoms with van der Waals surface area (Å²) in [7, 11) is 0. The van der Waals surface area contributed by atoms with Gasteiger partial charge in [-0.25, -0.2) is 4.99 Å². The molecule has 0 aromatic carbocycles. The number of nitrogens with two attached hydrogens (primary N) is 1. The lowest BCUT2D eigenvalue weighted by atomic mass is 9.82. The van der Waals surface area contributed by atoms with E-state index in [0.717, 1.165) is 0 Å². The topological polar surface area (TPSA) is 93.8 Å². The van der Waals surface area contributed by atoms with E-state index in [-0.39, 0.29) is 29.9 Å². The van der Waals surface area contributed by atoms with Gasteiger partial charge in [0.05, 0.1) is 6.54 Å². The highest BCUT2D eigenvalue weighted by molar-refractivity contribution is 5.92. The summed E-state index contributed by atoms with van der Waals surface area (Å²) >= 11 is 0. The highest BCUT2D eigenvalue weighted by atomic mass is 16.5. The Balaban J connectivity index is 2.73. The molecule has 108 valence electrons. The number of hydrogen-bond acceptors (Lipinski definition) is 4. The van der Waals surface area contributed by atoms with Gasteiger partial charge >= 0.3 is 0 Å². The van der Waals surface area contributed by atoms with Crippen LogP contribution < -0.4 is 11.1 Å². The summed E-state index contributed by atoms with van der Waals surface area (Å²) < 4.78 is 5.66. The molecule has 3 atom stereocenters. The van der Waals surface area contributed by atoms with Crippen LogP contribution in [0.5, 0.6) is 0 Å². The first kappa shape index (κ1) is 15.5. The molecule has 2 amide bonds. The average Bonchev–Trinajstić information content (AvgIpc) is 2.65. The monoisotopic (exact) mass is 269 g/mol. The van der Waals surface area contributed by atoms with Crippen LogP contribution in [0.15, 0.2) is 4.99 Å². The fourth-order valence-electron chi connectivity index (χ4n) is 1.66. The molecular weight excluding hydrogens is 246 g/mol. The second kappa shape index (κ2) is 5.59. The fourth-order valence-corrected chi connectivity index (χ4v) is 1.66. The molecule has 6 heteroatoms. The Hall–Kier alpha value is -1.59. The number of carbonyl (C=O) groups excluding carboxylic acids is 2. The number of nitrogens with zero attached hydrogens (tertiary/aromatic N) is 1. The van der Waals surface area contributed by atoms with E-state index in [4.69, 9.17) is 10.5 Å². The van der Waals surface area contributed by atoms with Crippen molar-refractivity contribution in [3.63, 3.8) is 0 Å². The quantitative estimate of drug-likeness (QED) is 0.776. The maximum absolute atomic E-state index is 11.9. The van der Waals surface area contributed by atoms with E-state index in [0.29, 0.717) is 5.90 Å². The molecule has 3 N–H and O–H groups in total. The van der Waals surface area contributed by atoms with Gasteiger partial charge in [0.15, 0.2) is 11.9 Å². The Morgan fingerprint density at radius 3 is 2.53 bits per heavy atom. The third-order valence-corrected chi connectivity index (χ3v) is 3.39. The minimum Gasteiger partial charge on any atom is -0.475 e. The van der Waals surface area contributed by atoms with Gasteiger partial charge in [-0.05, 0) is 12.3 Å². The second-order valence-corrected chi connectivity index (χ2v) is 6.01. The van der Waals surface area contributed by atoms with Crippen molar-refractivity contribution in [3.05, 3.63) is 0 Å². The zero-order valence-corrected chi connectivity index (χ0v) is 12.2. The molecule has 0 saturated heterocycles. The van der Waals surface area contributed by atoms with Gasteiger partial charge in [-0.15, -0.1) is 0 Å². The molecule has 6 nitrogen and oxygen atoms in total. The minimum atomic E-state index is -0.612. The van der Waals surface area contributed by atoms with E-state index in [1.807, 2.05) is 6.92 Å². The number of ether oxygens (including phenoxy) is 1. The normalized spacial score (nSPS) is 24.4. The van der Waals surface area contributed by atoms with Gasteiger partial charge in [0.1, 0.15) is 6.10 Å². The van der Waals surface area contributed by atoms with Gasteiger partial charge in [0, 0.05) is 5.92 Å². The van der Waals surface area contributed by atoms with E-state index in [2.05, 4.69) is 31.1 Å². The molecular formula is C13H23N3O3. The highest BCUT2D eigenvalue weighted by Crippen LogP contribution is 2.30. The van der Waals surface area contributed by atoms with Crippen LogP contribution in [0.3, 0.4) is 0 Å². The number of aliphatic imine (C=N–C) groups is 1. The number of amides is 2. The van der Waals surface area contributed by atoms with Crippen molar-refractivity contribution in [2.24, 2.45) is 22.1 Å². The maximum Gasteiger partial charge on any atom is 0.249 e. The number of hydrogen-bond donors (Lipinski definition) is 2. The average molecular weight is 269 g/mol. The number of primary amides is 1. The molecule has 0 aromatic rings. The van der Waals surface area contributed by atoms with E-state index in [9.17, 15) is 9.59 Å². The van der Waals surface area contributed by atoms with E-state index in [1.54, 1.807) is 6.92 Å². The molecule has 0 aliphatic carbocycles. The van der Waals surface area contributed by atoms with Crippen molar-refractivity contribution >= 4 is 17.7 Å². The Labute approximate surface area is 113 Å². The molecule has 1 heterocycles. The van der Waals surface area contributed by atoms with Crippen molar-refractivity contribution in [2.75, 3.05) is 6.54 Å². The van der Waals surface area contributed by atoms with Crippen LogP contribution >= 0.6 is 0 Å². The lowest BCUT2D eigenvalue weighted by Gasteiger charge is -2.26. The Morgan fingerprint density at radius 1 is 1.47 bits per heavy atom. The molecule has 3 unspecified atom stereocenters. The number of carbonyl (C=O) groups is 2. The van der Waals surface area contributed by atoms with Gasteiger partial charge in [-0.2, -0.15) is 0 Å². The van der Waals surface area contributed by atoms with Crippen LogP contribution in [0.2, 0.25) is 0 Å². The van der Waals surface area contributed by atoms with Crippen molar-refractivity contribution in [1.29, 1.82) is 0 Å². The third kappa shape index (κ3) is 3.94. The SMILES string of the molecule is CC1OC(C(C)C(C)(C)C)=NC1C(=O)NCC(N)=O. The van der Waals surface area contributed by atoms with Gasteiger partial charge < -0.3 is 15.8 Å². The van der Waals surface area contributed by atoms with Crippen LogP contribution in [-0.2, 0) is 14.3 Å². The first-order valence-electron chi connectivity index (χ1n) is 6.43. The highest BCUT2D eigenvalue weighted by Gasteiger charge is 2.38. The largest absolute Gasteiger partial charge is 0.475 e. The predicted octanol–water partition coefficient (Wildman–Crippen LogP) is 0.456. The Kier molecular flexibility index (Phi) is 4.55. The summed E-state index contributed by atoms with van der Waals surface area (Å²) in [5, 5.41) is 2.45. The maximum atomic E-state index is 11.9. The van der Waals surface area contributed by atoms with E-state index in [1.165, 1.54) is 0 Å². The molecule has 1 aliphatic heterocycles. The lowest BCUT2D eigenvalue weighted by Crippen LogP contribution is -2.42. The molecule has 0 radical (unpaired) electrons. The number of rotatable bonds is 4. The number of nitrogens with one attached hydrogen (secondary N) is 1. The van der Waals surface area contributed by atoms with Crippen LogP contribution in [0, 0.1) is 11.3 Å². The molecule has 19 heavy (non-hydrogen) atoms. The molecule has 0 spiro atoms. The lowest BCUT2D eigenvalue weighted by molar-refractivity contribution is -0.126. The first-order chi connectivity index (χ1) is 8.62. The van der Waals surface area contributed by atoms with Crippen LogP contribution in [0.25, 0.3) is 0 Å². The minimum absolute atomic E-state index is 0.0111. The fraction of sp³-hybridized carbons (Fsp3) is 0.769. The van der Waals surface area contributed by atoms with Gasteiger partial charge in [-0.1, -0.05) is 27.7 Å². The molecule has 1 rings (SSSR count). The summed E-state index contributed by atoms with van der Waals surface area (Å²) in [5.41, 5.74) is 5.00. The summed E-state index contributed by atoms with van der Waals surface area (Å²) in [6, 6.07) is -0.612. The Morgan fingerprint density at radius 2 is 2.05 bits per heavy atom. The second-order valence-electron chi connectivity index (χ2n) is 6.01. The third-order valence-electron chi connectivity index (χ3n) is 3.39. The first-order valence-corrected chi connectivity index (χ1v) is 6.43. The van der Waals surface area contributed by atoms with Gasteiger partial charge in [-0.3, -0.25) is 9.59 Å². The zero-order valence-electron chi connectivity index (χ0n) is 12.2. The predicted molar refractivity (Wildman–Crippen MR) is 72.6 cm³/mol. The van der Waals surface area contributed by atoms with Crippen molar-refractivity contribution in [2.45, 2.75) is 46.8 Å². The Bertz CT molecular complexity index is 398. The summed E-state index contributed by atoms with van der Waals surface area (Å²) in [6.07, 6.45) is -0.326. The summed E-state index contributed by atoms with van der Waals surface area (Å²) in [4.78, 5) is 26.9. The van der Waals surface area contributed by atoms with Gasteiger partial charge in [0.2, 0.25) is 11.8 Å². The van der Waals surface area contributed by atoms with Crippen LogP contribution in [0.1, 0.15) is 34.6 Å². The summed E-state index contributed by atoms with van der Waals surface area (Å²) in [6.45, 7) is 9.91.